The number of fused-ring (bicyclic) bond motifs is 1. The number of aromatic nitrogens is 4. The first-order valence-electron chi connectivity index (χ1n) is 11.1. The molecule has 1 aliphatic heterocycles. The Labute approximate surface area is 198 Å². The third-order valence-electron chi connectivity index (χ3n) is 5.24. The zero-order chi connectivity index (χ0) is 24.1. The fraction of sp³-hybridized carbons (Fsp3) is 0.455. The van der Waals surface area contributed by atoms with Crippen LogP contribution in [0, 0.1) is 5.92 Å². The third kappa shape index (κ3) is 5.61. The number of imidazole rings is 1. The maximum atomic E-state index is 11.1. The molecule has 4 unspecified atom stereocenters. The second kappa shape index (κ2) is 11.1. The van der Waals surface area contributed by atoms with E-state index in [1.165, 1.54) is 0 Å². The lowest BCUT2D eigenvalue weighted by Gasteiger charge is -2.22. The van der Waals surface area contributed by atoms with E-state index < -0.39 is 14.6 Å². The summed E-state index contributed by atoms with van der Waals surface area (Å²) in [5, 5.41) is 3.07. The molecule has 1 saturated heterocycles. The predicted octanol–water partition coefficient (Wildman–Crippen LogP) is 3.23. The van der Waals surface area contributed by atoms with Gasteiger partial charge >= 0.3 is 8.53 Å². The van der Waals surface area contributed by atoms with Crippen LogP contribution in [0.4, 0.5) is 5.95 Å². The van der Waals surface area contributed by atoms with E-state index in [4.69, 9.17) is 24.3 Å². The van der Waals surface area contributed by atoms with Gasteiger partial charge in [0.1, 0.15) is 18.3 Å². The first-order valence-corrected chi connectivity index (χ1v) is 12.3. The minimum Gasteiger partial charge on any atom is -0.476 e. The molecule has 0 aliphatic carbocycles. The first-order chi connectivity index (χ1) is 16.5. The normalized spacial score (nSPS) is 21.9. The molecule has 1 aliphatic rings. The second-order valence-electron chi connectivity index (χ2n) is 8.02. The highest BCUT2D eigenvalue weighted by molar-refractivity contribution is 7.45. The van der Waals surface area contributed by atoms with Gasteiger partial charge in [0, 0.05) is 5.92 Å². The van der Waals surface area contributed by atoms with Gasteiger partial charge in [-0.15, -0.1) is 0 Å². The SMILES string of the molecule is CCOc1nc(N)nc2c1ncn2C1OC(COP(N[C@@H](C)C=O)Oc2ccccc2)CC1C. The van der Waals surface area contributed by atoms with Gasteiger partial charge in [-0.2, -0.15) is 9.97 Å². The zero-order valence-electron chi connectivity index (χ0n) is 19.3. The smallest absolute Gasteiger partial charge is 0.318 e. The number of ether oxygens (including phenoxy) is 2. The van der Waals surface area contributed by atoms with Crippen LogP contribution in [0.2, 0.25) is 0 Å². The monoisotopic (exact) mass is 488 g/mol. The lowest BCUT2D eigenvalue weighted by molar-refractivity contribution is -0.108. The summed E-state index contributed by atoms with van der Waals surface area (Å²) in [6, 6.07) is 8.92. The van der Waals surface area contributed by atoms with Crippen molar-refractivity contribution in [3.8, 4) is 11.6 Å². The van der Waals surface area contributed by atoms with E-state index in [0.29, 0.717) is 36.0 Å². The van der Waals surface area contributed by atoms with Gasteiger partial charge in [0.2, 0.25) is 11.8 Å². The minimum absolute atomic E-state index is 0.113. The number of nitrogens with zero attached hydrogens (tertiary/aromatic N) is 4. The quantitative estimate of drug-likeness (QED) is 0.306. The molecule has 0 spiro atoms. The molecule has 182 valence electrons. The van der Waals surface area contributed by atoms with Crippen LogP contribution in [0.1, 0.15) is 33.4 Å². The fourth-order valence-electron chi connectivity index (χ4n) is 3.71. The molecule has 3 N–H and O–H groups in total. The number of carbonyl (C=O) groups is 1. The molecule has 0 amide bonds. The van der Waals surface area contributed by atoms with E-state index in [9.17, 15) is 4.79 Å². The van der Waals surface area contributed by atoms with E-state index in [2.05, 4.69) is 27.0 Å². The van der Waals surface area contributed by atoms with Crippen molar-refractivity contribution in [3.05, 3.63) is 36.7 Å². The minimum atomic E-state index is -1.55. The van der Waals surface area contributed by atoms with E-state index in [0.717, 1.165) is 12.7 Å². The number of hydrogen-bond donors (Lipinski definition) is 2. The number of benzene rings is 1. The predicted molar refractivity (Wildman–Crippen MR) is 127 cm³/mol. The summed E-state index contributed by atoms with van der Waals surface area (Å²) >= 11 is 0. The molecule has 1 aromatic carbocycles. The molecule has 4 rings (SSSR count). The average molecular weight is 488 g/mol. The van der Waals surface area contributed by atoms with Crippen molar-refractivity contribution in [1.82, 2.24) is 24.6 Å². The Morgan fingerprint density at radius 2 is 2.15 bits per heavy atom. The number of aldehydes is 1. The topological polar surface area (TPSA) is 136 Å². The lowest BCUT2D eigenvalue weighted by atomic mass is 10.1. The summed E-state index contributed by atoms with van der Waals surface area (Å²) in [6.07, 6.45) is 2.77. The summed E-state index contributed by atoms with van der Waals surface area (Å²) in [7, 11) is -1.55. The molecule has 3 aromatic rings. The van der Waals surface area contributed by atoms with E-state index in [-0.39, 0.29) is 24.2 Å². The summed E-state index contributed by atoms with van der Waals surface area (Å²) in [5.74, 6) is 1.29. The van der Waals surface area contributed by atoms with Crippen molar-refractivity contribution in [3.63, 3.8) is 0 Å². The number of para-hydroxylation sites is 1. The zero-order valence-corrected chi connectivity index (χ0v) is 20.2. The Bertz CT molecular complexity index is 1100. The molecule has 5 atom stereocenters. The van der Waals surface area contributed by atoms with Crippen LogP contribution in [0.25, 0.3) is 11.2 Å². The highest BCUT2D eigenvalue weighted by Gasteiger charge is 2.36. The molecule has 11 nitrogen and oxygen atoms in total. The third-order valence-corrected chi connectivity index (χ3v) is 6.62. The van der Waals surface area contributed by atoms with Gasteiger partial charge in [0.05, 0.1) is 31.7 Å². The van der Waals surface area contributed by atoms with Crippen LogP contribution in [0.5, 0.6) is 11.6 Å². The first kappa shape index (κ1) is 24.3. The van der Waals surface area contributed by atoms with Crippen molar-refractivity contribution in [2.75, 3.05) is 18.9 Å². The highest BCUT2D eigenvalue weighted by atomic mass is 31.2. The van der Waals surface area contributed by atoms with Crippen LogP contribution in [0.15, 0.2) is 36.7 Å². The van der Waals surface area contributed by atoms with Gasteiger partial charge in [-0.05, 0) is 32.4 Å². The Balaban J connectivity index is 1.44. The van der Waals surface area contributed by atoms with E-state index >= 15 is 0 Å². The molecule has 1 fully saturated rings. The molecule has 2 aromatic heterocycles. The van der Waals surface area contributed by atoms with Crippen LogP contribution in [-0.4, -0.2) is 51.2 Å². The van der Waals surface area contributed by atoms with Gasteiger partial charge in [-0.1, -0.05) is 25.1 Å². The van der Waals surface area contributed by atoms with Crippen molar-refractivity contribution >= 4 is 31.9 Å². The number of hydrogen-bond acceptors (Lipinski definition) is 10. The molecule has 34 heavy (non-hydrogen) atoms. The van der Waals surface area contributed by atoms with Crippen LogP contribution >= 0.6 is 8.53 Å². The van der Waals surface area contributed by atoms with Gasteiger partial charge in [-0.25, -0.2) is 10.1 Å². The Hall–Kier alpha value is -2.85. The standard InChI is InChI=1S/C22H29N6O5P/c1-4-30-20-18-19(25-22(23)26-20)28(13-24-18)21-14(2)10-17(32-21)12-31-34(27-15(3)11-29)33-16-8-6-5-7-9-16/h5-9,11,13-15,17,21,27H,4,10,12H2,1-3H3,(H2,23,25,26)/t14?,15-,17?,21?,34?/m0/s1. The van der Waals surface area contributed by atoms with E-state index in [1.54, 1.807) is 13.3 Å². The average Bonchev–Trinajstić information content (AvgIpc) is 3.41. The maximum Gasteiger partial charge on any atom is 0.318 e. The van der Waals surface area contributed by atoms with Crippen molar-refractivity contribution < 1.29 is 23.3 Å². The van der Waals surface area contributed by atoms with Crippen LogP contribution in [-0.2, 0) is 14.1 Å². The van der Waals surface area contributed by atoms with Crippen LogP contribution < -0.4 is 20.1 Å². The maximum absolute atomic E-state index is 11.1. The molecular formula is C22H29N6O5P. The summed E-state index contributed by atoms with van der Waals surface area (Å²) in [4.78, 5) is 24.1. The van der Waals surface area contributed by atoms with Crippen LogP contribution in [0.3, 0.4) is 0 Å². The van der Waals surface area contributed by atoms with E-state index in [1.807, 2.05) is 41.8 Å². The summed E-state index contributed by atoms with van der Waals surface area (Å²) in [6.45, 7) is 6.46. The Morgan fingerprint density at radius 1 is 1.35 bits per heavy atom. The molecule has 0 bridgehead atoms. The molecule has 0 radical (unpaired) electrons. The summed E-state index contributed by atoms with van der Waals surface area (Å²) < 4.78 is 25.7. The van der Waals surface area contributed by atoms with Gasteiger partial charge < -0.3 is 29.0 Å². The fourth-order valence-corrected chi connectivity index (χ4v) is 4.90. The number of nitrogens with two attached hydrogens (primary N) is 1. The second-order valence-corrected chi connectivity index (χ2v) is 9.23. The summed E-state index contributed by atoms with van der Waals surface area (Å²) in [5.41, 5.74) is 6.99. The molecular weight excluding hydrogens is 459 g/mol. The van der Waals surface area contributed by atoms with Gasteiger partial charge in [0.15, 0.2) is 11.2 Å². The van der Waals surface area contributed by atoms with Crippen molar-refractivity contribution in [2.45, 2.75) is 45.6 Å². The number of carbonyl (C=O) groups excluding carboxylic acids is 1. The number of nitrogen functional groups attached to an aromatic ring is 1. The van der Waals surface area contributed by atoms with Gasteiger partial charge in [-0.3, -0.25) is 4.57 Å². The Morgan fingerprint density at radius 3 is 2.88 bits per heavy atom. The Kier molecular flexibility index (Phi) is 7.89. The van der Waals surface area contributed by atoms with Crippen molar-refractivity contribution in [1.29, 1.82) is 0 Å². The number of anilines is 1. The number of rotatable bonds is 11. The van der Waals surface area contributed by atoms with Gasteiger partial charge in [0.25, 0.3) is 0 Å². The highest BCUT2D eigenvalue weighted by Crippen LogP contribution is 2.40. The number of nitrogens with one attached hydrogen (secondary N) is 1. The largest absolute Gasteiger partial charge is 0.476 e. The molecule has 12 heteroatoms. The van der Waals surface area contributed by atoms with Crippen molar-refractivity contribution in [2.24, 2.45) is 5.92 Å². The molecule has 3 heterocycles. The molecule has 0 saturated carbocycles. The lowest BCUT2D eigenvalue weighted by Crippen LogP contribution is -2.26.